The number of anilines is 1. The molecule has 0 bridgehead atoms. The lowest BCUT2D eigenvalue weighted by Crippen LogP contribution is -2.26. The average molecular weight is 340 g/mol. The van der Waals surface area contributed by atoms with Gasteiger partial charge in [-0.25, -0.2) is 0 Å². The molecule has 0 unspecified atom stereocenters. The van der Waals surface area contributed by atoms with Crippen LogP contribution in [-0.4, -0.2) is 24.1 Å². The van der Waals surface area contributed by atoms with Crippen LogP contribution in [0.5, 0.6) is 0 Å². The summed E-state index contributed by atoms with van der Waals surface area (Å²) >= 11 is 1.73. The predicted octanol–water partition coefficient (Wildman–Crippen LogP) is 3.40. The molecule has 4 nitrogen and oxygen atoms in total. The van der Waals surface area contributed by atoms with Gasteiger partial charge in [0.2, 0.25) is 5.91 Å². The van der Waals surface area contributed by atoms with Crippen LogP contribution >= 0.6 is 11.8 Å². The minimum atomic E-state index is -0.0702. The highest BCUT2D eigenvalue weighted by molar-refractivity contribution is 7.99. The molecule has 1 aliphatic heterocycles. The second kappa shape index (κ2) is 7.53. The van der Waals surface area contributed by atoms with E-state index in [2.05, 4.69) is 41.8 Å². The second-order valence-corrected chi connectivity index (χ2v) is 7.01. The highest BCUT2D eigenvalue weighted by Gasteiger charge is 2.16. The molecule has 0 saturated heterocycles. The number of nitrogens with one attached hydrogen (secondary N) is 2. The average Bonchev–Trinajstić information content (AvgIpc) is 2.59. The first-order valence-corrected chi connectivity index (χ1v) is 9.01. The molecule has 124 valence electrons. The van der Waals surface area contributed by atoms with Gasteiger partial charge in [-0.3, -0.25) is 9.59 Å². The van der Waals surface area contributed by atoms with E-state index in [1.54, 1.807) is 17.8 Å². The summed E-state index contributed by atoms with van der Waals surface area (Å²) in [7, 11) is 0. The van der Waals surface area contributed by atoms with Gasteiger partial charge in [0.1, 0.15) is 0 Å². The second-order valence-electron chi connectivity index (χ2n) is 5.84. The zero-order valence-electron chi connectivity index (χ0n) is 13.6. The highest BCUT2D eigenvalue weighted by atomic mass is 32.2. The van der Waals surface area contributed by atoms with Crippen LogP contribution in [-0.2, 0) is 11.2 Å². The third-order valence-corrected chi connectivity index (χ3v) is 4.95. The molecule has 0 atom stereocenters. The summed E-state index contributed by atoms with van der Waals surface area (Å²) in [5, 5.41) is 5.78. The van der Waals surface area contributed by atoms with Crippen LogP contribution in [0.25, 0.3) is 0 Å². The van der Waals surface area contributed by atoms with Gasteiger partial charge in [-0.15, -0.1) is 11.8 Å². The first-order chi connectivity index (χ1) is 11.6. The molecule has 0 spiro atoms. The third-order valence-electron chi connectivity index (χ3n) is 3.94. The van der Waals surface area contributed by atoms with Gasteiger partial charge in [0.05, 0.1) is 0 Å². The van der Waals surface area contributed by atoms with Crippen molar-refractivity contribution >= 4 is 29.3 Å². The van der Waals surface area contributed by atoms with E-state index in [-0.39, 0.29) is 11.8 Å². The van der Waals surface area contributed by atoms with E-state index < -0.39 is 0 Å². The fraction of sp³-hybridized carbons (Fsp3) is 0.263. The van der Waals surface area contributed by atoms with E-state index in [0.717, 1.165) is 17.0 Å². The lowest BCUT2D eigenvalue weighted by molar-refractivity contribution is -0.116. The Bertz CT molecular complexity index is 756. The van der Waals surface area contributed by atoms with E-state index in [4.69, 9.17) is 0 Å². The molecule has 0 saturated carbocycles. The topological polar surface area (TPSA) is 58.2 Å². The molecule has 1 aliphatic rings. The first kappa shape index (κ1) is 16.6. The summed E-state index contributed by atoms with van der Waals surface area (Å²) in [6.45, 7) is 2.68. The van der Waals surface area contributed by atoms with Crippen molar-refractivity contribution in [2.75, 3.05) is 17.6 Å². The molecular weight excluding hydrogens is 320 g/mol. The number of thioether (sulfide) groups is 1. The number of aryl methyl sites for hydroxylation is 2. The van der Waals surface area contributed by atoms with Gasteiger partial charge in [-0.2, -0.15) is 0 Å². The van der Waals surface area contributed by atoms with Crippen molar-refractivity contribution in [2.45, 2.75) is 24.7 Å². The molecule has 2 amide bonds. The molecule has 24 heavy (non-hydrogen) atoms. The Morgan fingerprint density at radius 2 is 1.96 bits per heavy atom. The van der Waals surface area contributed by atoms with E-state index in [0.29, 0.717) is 24.9 Å². The van der Waals surface area contributed by atoms with Gasteiger partial charge >= 0.3 is 0 Å². The van der Waals surface area contributed by atoms with Crippen molar-refractivity contribution in [3.05, 3.63) is 59.2 Å². The lowest BCUT2D eigenvalue weighted by Gasteiger charge is -2.17. The largest absolute Gasteiger partial charge is 0.351 e. The van der Waals surface area contributed by atoms with Crippen molar-refractivity contribution in [3.8, 4) is 0 Å². The molecule has 5 heteroatoms. The van der Waals surface area contributed by atoms with Crippen molar-refractivity contribution < 1.29 is 9.59 Å². The van der Waals surface area contributed by atoms with E-state index in [1.165, 1.54) is 10.5 Å². The first-order valence-electron chi connectivity index (χ1n) is 8.02. The van der Waals surface area contributed by atoms with Crippen molar-refractivity contribution in [1.82, 2.24) is 5.32 Å². The molecule has 2 N–H and O–H groups in total. The predicted molar refractivity (Wildman–Crippen MR) is 97.6 cm³/mol. The Kier molecular flexibility index (Phi) is 5.20. The van der Waals surface area contributed by atoms with Crippen LogP contribution in [0.1, 0.15) is 27.9 Å². The summed E-state index contributed by atoms with van der Waals surface area (Å²) in [4.78, 5) is 24.8. The van der Waals surface area contributed by atoms with Crippen LogP contribution in [0.15, 0.2) is 47.4 Å². The fourth-order valence-electron chi connectivity index (χ4n) is 2.59. The lowest BCUT2D eigenvalue weighted by atomic mass is 10.00. The number of rotatable bonds is 5. The maximum Gasteiger partial charge on any atom is 0.251 e. The number of benzene rings is 2. The molecule has 0 radical (unpaired) electrons. The van der Waals surface area contributed by atoms with Crippen molar-refractivity contribution in [3.63, 3.8) is 0 Å². The molecule has 2 aromatic carbocycles. The van der Waals surface area contributed by atoms with E-state index >= 15 is 0 Å². The van der Waals surface area contributed by atoms with Crippen LogP contribution in [0.2, 0.25) is 0 Å². The fourth-order valence-corrected chi connectivity index (χ4v) is 3.36. The number of hydrogen-bond donors (Lipinski definition) is 2. The number of fused-ring (bicyclic) bond motifs is 1. The monoisotopic (exact) mass is 340 g/mol. The number of carbonyl (C=O) groups is 2. The Morgan fingerprint density at radius 3 is 2.75 bits per heavy atom. The standard InChI is InChI=1S/C19H20N2O2S/c1-13-2-6-16(7-3-13)24-11-10-20-19(23)15-4-8-17-14(12-15)5-9-18(22)21-17/h2-4,6-8,12H,5,9-11H2,1H3,(H,20,23)(H,21,22). The molecule has 0 aromatic heterocycles. The van der Waals surface area contributed by atoms with Crippen molar-refractivity contribution in [2.24, 2.45) is 0 Å². The van der Waals surface area contributed by atoms with Gasteiger partial charge in [0, 0.05) is 34.9 Å². The van der Waals surface area contributed by atoms with E-state index in [1.807, 2.05) is 12.1 Å². The SMILES string of the molecule is Cc1ccc(SCCNC(=O)c2ccc3c(c2)CCC(=O)N3)cc1. The molecule has 3 rings (SSSR count). The molecule has 1 heterocycles. The van der Waals surface area contributed by atoms with Gasteiger partial charge in [-0.1, -0.05) is 17.7 Å². The summed E-state index contributed by atoms with van der Waals surface area (Å²) in [6, 6.07) is 13.8. The number of hydrogen-bond acceptors (Lipinski definition) is 3. The summed E-state index contributed by atoms with van der Waals surface area (Å²) < 4.78 is 0. The van der Waals surface area contributed by atoms with Crippen LogP contribution in [0.3, 0.4) is 0 Å². The van der Waals surface area contributed by atoms with Gasteiger partial charge in [-0.05, 0) is 49.2 Å². The highest BCUT2D eigenvalue weighted by Crippen LogP contribution is 2.23. The van der Waals surface area contributed by atoms with Crippen LogP contribution in [0.4, 0.5) is 5.69 Å². The van der Waals surface area contributed by atoms with E-state index in [9.17, 15) is 9.59 Å². The third kappa shape index (κ3) is 4.17. The Balaban J connectivity index is 1.50. The summed E-state index contributed by atoms with van der Waals surface area (Å²) in [5.41, 5.74) is 3.73. The smallest absolute Gasteiger partial charge is 0.251 e. The van der Waals surface area contributed by atoms with Gasteiger partial charge < -0.3 is 10.6 Å². The minimum absolute atomic E-state index is 0.0350. The summed E-state index contributed by atoms with van der Waals surface area (Å²) in [5.74, 6) is 0.794. The quantitative estimate of drug-likeness (QED) is 0.648. The van der Waals surface area contributed by atoms with Crippen LogP contribution < -0.4 is 10.6 Å². The Morgan fingerprint density at radius 1 is 1.17 bits per heavy atom. The normalized spacial score (nSPS) is 13.1. The molecule has 2 aromatic rings. The number of amides is 2. The molecule has 0 aliphatic carbocycles. The maximum atomic E-state index is 12.2. The molecular formula is C19H20N2O2S. The number of carbonyl (C=O) groups excluding carboxylic acids is 2. The summed E-state index contributed by atoms with van der Waals surface area (Å²) in [6.07, 6.45) is 1.16. The zero-order valence-corrected chi connectivity index (χ0v) is 14.4. The Labute approximate surface area is 146 Å². The van der Waals surface area contributed by atoms with Crippen LogP contribution in [0, 0.1) is 6.92 Å². The van der Waals surface area contributed by atoms with Crippen molar-refractivity contribution in [1.29, 1.82) is 0 Å². The Hall–Kier alpha value is -2.27. The maximum absolute atomic E-state index is 12.2. The van der Waals surface area contributed by atoms with Gasteiger partial charge in [0.25, 0.3) is 5.91 Å². The van der Waals surface area contributed by atoms with Gasteiger partial charge in [0.15, 0.2) is 0 Å². The zero-order chi connectivity index (χ0) is 16.9. The minimum Gasteiger partial charge on any atom is -0.351 e. The molecule has 0 fully saturated rings.